The molecule has 0 radical (unpaired) electrons. The molecule has 0 unspecified atom stereocenters. The lowest BCUT2D eigenvalue weighted by atomic mass is 9.71. The van der Waals surface area contributed by atoms with Gasteiger partial charge in [0, 0.05) is 5.92 Å². The SMILES string of the molecule is CCC(C)(C)COC1CCC(C2CCC(C#N)CC2)CC1. The Kier molecular flexibility index (Phi) is 6.11. The fourth-order valence-corrected chi connectivity index (χ4v) is 3.89. The van der Waals surface area contributed by atoms with Gasteiger partial charge in [-0.15, -0.1) is 0 Å². The third-order valence-corrected chi connectivity index (χ3v) is 6.01. The summed E-state index contributed by atoms with van der Waals surface area (Å²) in [5, 5.41) is 9.00. The van der Waals surface area contributed by atoms with Gasteiger partial charge in [0.2, 0.25) is 0 Å². The van der Waals surface area contributed by atoms with Gasteiger partial charge in [0.1, 0.15) is 0 Å². The van der Waals surface area contributed by atoms with Crippen molar-refractivity contribution >= 4 is 0 Å². The summed E-state index contributed by atoms with van der Waals surface area (Å²) in [5.74, 6) is 2.14. The fourth-order valence-electron chi connectivity index (χ4n) is 3.89. The van der Waals surface area contributed by atoms with E-state index in [1.807, 2.05) is 0 Å². The average Bonchev–Trinajstić information content (AvgIpc) is 2.54. The minimum absolute atomic E-state index is 0.326. The maximum atomic E-state index is 9.00. The van der Waals surface area contributed by atoms with E-state index in [0.717, 1.165) is 31.3 Å². The summed E-state index contributed by atoms with van der Waals surface area (Å²) in [6.45, 7) is 7.75. The zero-order valence-corrected chi connectivity index (χ0v) is 14.2. The number of rotatable bonds is 5. The third kappa shape index (κ3) is 4.99. The molecule has 0 N–H and O–H groups in total. The Labute approximate surface area is 131 Å². The Hall–Kier alpha value is -0.550. The lowest BCUT2D eigenvalue weighted by Gasteiger charge is -2.37. The van der Waals surface area contributed by atoms with Gasteiger partial charge >= 0.3 is 0 Å². The van der Waals surface area contributed by atoms with Crippen LogP contribution in [0.5, 0.6) is 0 Å². The number of nitrogens with zero attached hydrogens (tertiary/aromatic N) is 1. The van der Waals surface area contributed by atoms with E-state index in [0.29, 0.717) is 17.4 Å². The molecule has 0 aromatic rings. The van der Waals surface area contributed by atoms with Crippen molar-refractivity contribution in [1.29, 1.82) is 5.26 Å². The highest BCUT2D eigenvalue weighted by Gasteiger charge is 2.31. The van der Waals surface area contributed by atoms with E-state index in [4.69, 9.17) is 10.00 Å². The fraction of sp³-hybridized carbons (Fsp3) is 0.947. The van der Waals surface area contributed by atoms with Crippen LogP contribution in [-0.4, -0.2) is 12.7 Å². The zero-order chi connectivity index (χ0) is 15.3. The maximum absolute atomic E-state index is 9.00. The molecule has 2 aliphatic rings. The molecule has 0 heterocycles. The van der Waals surface area contributed by atoms with Crippen LogP contribution in [0.1, 0.15) is 78.6 Å². The molecular weight excluding hydrogens is 258 g/mol. The summed E-state index contributed by atoms with van der Waals surface area (Å²) in [5.41, 5.74) is 0.326. The Morgan fingerprint density at radius 2 is 1.48 bits per heavy atom. The molecule has 2 aliphatic carbocycles. The second-order valence-corrected chi connectivity index (χ2v) is 8.11. The second kappa shape index (κ2) is 7.63. The van der Waals surface area contributed by atoms with Crippen molar-refractivity contribution < 1.29 is 4.74 Å². The van der Waals surface area contributed by atoms with E-state index >= 15 is 0 Å². The second-order valence-electron chi connectivity index (χ2n) is 8.11. The molecular formula is C19H33NO. The zero-order valence-electron chi connectivity index (χ0n) is 14.2. The van der Waals surface area contributed by atoms with E-state index < -0.39 is 0 Å². The summed E-state index contributed by atoms with van der Waals surface area (Å²) >= 11 is 0. The van der Waals surface area contributed by atoms with Crippen molar-refractivity contribution in [2.75, 3.05) is 6.61 Å². The first kappa shape index (κ1) is 16.8. The minimum atomic E-state index is 0.326. The molecule has 2 fully saturated rings. The van der Waals surface area contributed by atoms with E-state index in [1.54, 1.807) is 0 Å². The van der Waals surface area contributed by atoms with Gasteiger partial charge in [0.25, 0.3) is 0 Å². The van der Waals surface area contributed by atoms with Crippen LogP contribution in [0.4, 0.5) is 0 Å². The van der Waals surface area contributed by atoms with Crippen LogP contribution in [0.25, 0.3) is 0 Å². The highest BCUT2D eigenvalue weighted by Crippen LogP contribution is 2.40. The summed E-state index contributed by atoms with van der Waals surface area (Å²) < 4.78 is 6.17. The van der Waals surface area contributed by atoms with Crippen LogP contribution in [-0.2, 0) is 4.74 Å². The number of nitriles is 1. The predicted molar refractivity (Wildman–Crippen MR) is 86.8 cm³/mol. The van der Waals surface area contributed by atoms with Crippen LogP contribution in [0, 0.1) is 34.5 Å². The minimum Gasteiger partial charge on any atom is -0.378 e. The number of hydrogen-bond donors (Lipinski definition) is 0. The maximum Gasteiger partial charge on any atom is 0.0655 e. The van der Waals surface area contributed by atoms with Gasteiger partial charge < -0.3 is 4.74 Å². The monoisotopic (exact) mass is 291 g/mol. The van der Waals surface area contributed by atoms with Crippen molar-refractivity contribution in [2.45, 2.75) is 84.7 Å². The first-order chi connectivity index (χ1) is 10.0. The Bertz CT molecular complexity index is 341. The molecule has 2 nitrogen and oxygen atoms in total. The van der Waals surface area contributed by atoms with Crippen molar-refractivity contribution in [1.82, 2.24) is 0 Å². The van der Waals surface area contributed by atoms with Gasteiger partial charge in [-0.2, -0.15) is 5.26 Å². The quantitative estimate of drug-likeness (QED) is 0.686. The summed E-state index contributed by atoms with van der Waals surface area (Å²) in [6.07, 6.45) is 11.7. The highest BCUT2D eigenvalue weighted by molar-refractivity contribution is 4.89. The van der Waals surface area contributed by atoms with Crippen LogP contribution in [0.2, 0.25) is 0 Å². The summed E-state index contributed by atoms with van der Waals surface area (Å²) in [7, 11) is 0. The van der Waals surface area contributed by atoms with E-state index in [2.05, 4.69) is 26.8 Å². The van der Waals surface area contributed by atoms with Gasteiger partial charge in [-0.1, -0.05) is 20.8 Å². The molecule has 120 valence electrons. The first-order valence-electron chi connectivity index (χ1n) is 9.05. The van der Waals surface area contributed by atoms with Gasteiger partial charge in [0.05, 0.1) is 18.8 Å². The predicted octanol–water partition coefficient (Wildman–Crippen LogP) is 5.33. The van der Waals surface area contributed by atoms with Crippen LogP contribution < -0.4 is 0 Å². The van der Waals surface area contributed by atoms with Gasteiger partial charge in [-0.25, -0.2) is 0 Å². The molecule has 0 aliphatic heterocycles. The van der Waals surface area contributed by atoms with E-state index in [1.165, 1.54) is 44.9 Å². The normalized spacial score (nSPS) is 34.4. The van der Waals surface area contributed by atoms with Gasteiger partial charge in [0.15, 0.2) is 0 Å². The van der Waals surface area contributed by atoms with E-state index in [9.17, 15) is 0 Å². The molecule has 2 saturated carbocycles. The smallest absolute Gasteiger partial charge is 0.0655 e. The first-order valence-corrected chi connectivity index (χ1v) is 9.05. The molecule has 0 spiro atoms. The Morgan fingerprint density at radius 1 is 0.952 bits per heavy atom. The van der Waals surface area contributed by atoms with Crippen LogP contribution in [0.3, 0.4) is 0 Å². The van der Waals surface area contributed by atoms with Crippen molar-refractivity contribution in [3.8, 4) is 6.07 Å². The molecule has 21 heavy (non-hydrogen) atoms. The number of hydrogen-bond acceptors (Lipinski definition) is 2. The lowest BCUT2D eigenvalue weighted by Crippen LogP contribution is -2.30. The standard InChI is InChI=1S/C19H33NO/c1-4-19(2,3)14-21-18-11-9-17(10-12-18)16-7-5-15(13-20)6-8-16/h15-18H,4-12,14H2,1-3H3. The third-order valence-electron chi connectivity index (χ3n) is 6.01. The average molecular weight is 291 g/mol. The molecule has 0 amide bonds. The molecule has 0 atom stereocenters. The van der Waals surface area contributed by atoms with Gasteiger partial charge in [-0.3, -0.25) is 0 Å². The summed E-state index contributed by atoms with van der Waals surface area (Å²) in [4.78, 5) is 0. The highest BCUT2D eigenvalue weighted by atomic mass is 16.5. The van der Waals surface area contributed by atoms with E-state index in [-0.39, 0.29) is 0 Å². The van der Waals surface area contributed by atoms with Crippen molar-refractivity contribution in [3.05, 3.63) is 0 Å². The molecule has 0 aromatic carbocycles. The molecule has 0 aromatic heterocycles. The van der Waals surface area contributed by atoms with Crippen molar-refractivity contribution in [3.63, 3.8) is 0 Å². The van der Waals surface area contributed by atoms with Crippen LogP contribution in [0.15, 0.2) is 0 Å². The molecule has 2 rings (SSSR count). The Balaban J connectivity index is 1.68. The molecule has 2 heteroatoms. The molecule has 0 saturated heterocycles. The largest absolute Gasteiger partial charge is 0.378 e. The van der Waals surface area contributed by atoms with Gasteiger partial charge in [-0.05, 0) is 75.0 Å². The topological polar surface area (TPSA) is 33.0 Å². The van der Waals surface area contributed by atoms with Crippen LogP contribution >= 0.6 is 0 Å². The lowest BCUT2D eigenvalue weighted by molar-refractivity contribution is -0.0287. The van der Waals surface area contributed by atoms with Crippen molar-refractivity contribution in [2.24, 2.45) is 23.2 Å². The molecule has 0 bridgehead atoms. The summed E-state index contributed by atoms with van der Waals surface area (Å²) in [6, 6.07) is 2.45. The number of ether oxygens (including phenoxy) is 1. The Morgan fingerprint density at radius 3 is 1.95 bits per heavy atom.